The fourth-order valence-corrected chi connectivity index (χ4v) is 4.48. The number of carbonyl (C=O) groups is 3. The van der Waals surface area contributed by atoms with E-state index in [1.165, 1.54) is 4.90 Å². The Bertz CT molecular complexity index is 1080. The van der Waals surface area contributed by atoms with Crippen LogP contribution < -0.4 is 15.1 Å². The smallest absolute Gasteiger partial charge is 0.253 e. The summed E-state index contributed by atoms with van der Waals surface area (Å²) < 4.78 is 0. The van der Waals surface area contributed by atoms with Gasteiger partial charge in [-0.3, -0.25) is 19.3 Å². The fraction of sp³-hybridized carbons (Fsp3) is 0.400. The molecule has 168 valence electrons. The fourth-order valence-electron chi connectivity index (χ4n) is 4.48. The van der Waals surface area contributed by atoms with Gasteiger partial charge >= 0.3 is 0 Å². The molecule has 0 unspecified atom stereocenters. The molecule has 2 heterocycles. The van der Waals surface area contributed by atoms with E-state index in [9.17, 15) is 14.4 Å². The van der Waals surface area contributed by atoms with E-state index >= 15 is 0 Å². The molecule has 0 aliphatic carbocycles. The average molecular weight is 435 g/mol. The number of hydrogen-bond donors (Lipinski definition) is 1. The van der Waals surface area contributed by atoms with Gasteiger partial charge in [0, 0.05) is 31.9 Å². The minimum Gasteiger partial charge on any atom is -0.358 e. The van der Waals surface area contributed by atoms with Gasteiger partial charge in [0.1, 0.15) is 12.6 Å². The molecular weight excluding hydrogens is 404 g/mol. The Kier molecular flexibility index (Phi) is 5.91. The number of nitrogens with zero attached hydrogens (tertiary/aromatic N) is 3. The van der Waals surface area contributed by atoms with Gasteiger partial charge < -0.3 is 15.1 Å². The van der Waals surface area contributed by atoms with Gasteiger partial charge in [0.25, 0.3) is 5.91 Å². The number of amides is 3. The van der Waals surface area contributed by atoms with E-state index < -0.39 is 0 Å². The molecule has 0 bridgehead atoms. The second kappa shape index (κ2) is 8.65. The number of benzene rings is 2. The predicted molar refractivity (Wildman–Crippen MR) is 126 cm³/mol. The number of nitrogens with one attached hydrogen (secondary N) is 1. The average Bonchev–Trinajstić information content (AvgIpc) is 2.78. The number of rotatable bonds is 4. The van der Waals surface area contributed by atoms with Crippen LogP contribution >= 0.6 is 0 Å². The second-order valence-corrected chi connectivity index (χ2v) is 8.88. The number of piperidine rings is 1. The number of hydrogen-bond acceptors (Lipinski definition) is 4. The molecule has 7 heteroatoms. The zero-order chi connectivity index (χ0) is 23.0. The SMILES string of the molecule is Cc1ccc(NC(=O)CN2C(=O)[C@H]3CCCCN3c3ccc(C(=O)N(C)C)cc32)cc1C. The molecule has 0 spiro atoms. The molecule has 2 aromatic rings. The van der Waals surface area contributed by atoms with Crippen molar-refractivity contribution in [2.24, 2.45) is 0 Å². The number of fused-ring (bicyclic) bond motifs is 3. The number of aryl methyl sites for hydroxylation is 2. The zero-order valence-electron chi connectivity index (χ0n) is 19.1. The summed E-state index contributed by atoms with van der Waals surface area (Å²) in [6, 6.07) is 10.9. The van der Waals surface area contributed by atoms with Crippen LogP contribution in [-0.4, -0.2) is 55.8 Å². The van der Waals surface area contributed by atoms with Gasteiger partial charge in [-0.15, -0.1) is 0 Å². The van der Waals surface area contributed by atoms with Crippen molar-refractivity contribution in [3.8, 4) is 0 Å². The van der Waals surface area contributed by atoms with E-state index in [0.717, 1.165) is 42.6 Å². The topological polar surface area (TPSA) is 73.0 Å². The number of anilines is 3. The maximum absolute atomic E-state index is 13.4. The molecule has 0 saturated carbocycles. The van der Waals surface area contributed by atoms with Crippen molar-refractivity contribution in [2.75, 3.05) is 42.3 Å². The molecule has 1 N–H and O–H groups in total. The first-order chi connectivity index (χ1) is 15.3. The molecule has 1 saturated heterocycles. The van der Waals surface area contributed by atoms with E-state index in [1.807, 2.05) is 38.1 Å². The van der Waals surface area contributed by atoms with E-state index in [-0.39, 0.29) is 30.3 Å². The summed E-state index contributed by atoms with van der Waals surface area (Å²) in [6.45, 7) is 4.72. The summed E-state index contributed by atoms with van der Waals surface area (Å²) in [4.78, 5) is 44.1. The summed E-state index contributed by atoms with van der Waals surface area (Å²) in [6.07, 6.45) is 2.78. The van der Waals surface area contributed by atoms with E-state index in [2.05, 4.69) is 10.2 Å². The molecule has 3 amide bonds. The third-order valence-electron chi connectivity index (χ3n) is 6.38. The first-order valence-corrected chi connectivity index (χ1v) is 11.1. The lowest BCUT2D eigenvalue weighted by Gasteiger charge is -2.45. The Morgan fingerprint density at radius 1 is 1.03 bits per heavy atom. The van der Waals surface area contributed by atoms with Crippen LogP contribution in [0.1, 0.15) is 40.7 Å². The molecule has 0 aromatic heterocycles. The Hall–Kier alpha value is -3.35. The minimum atomic E-state index is -0.263. The van der Waals surface area contributed by atoms with Crippen LogP contribution in [0, 0.1) is 13.8 Å². The molecular formula is C25H30N4O3. The van der Waals surface area contributed by atoms with Crippen molar-refractivity contribution in [1.82, 2.24) is 4.90 Å². The summed E-state index contributed by atoms with van der Waals surface area (Å²) >= 11 is 0. The summed E-state index contributed by atoms with van der Waals surface area (Å²) in [5.41, 5.74) is 4.97. The highest BCUT2D eigenvalue weighted by atomic mass is 16.2. The standard InChI is InChI=1S/C25H30N4O3/c1-16-8-10-19(13-17(16)2)26-23(30)15-29-22-14-18(24(31)27(3)4)9-11-20(22)28-12-6-5-7-21(28)25(29)32/h8-11,13-14,21H,5-7,12,15H2,1-4H3,(H,26,30)/t21-/m1/s1. The van der Waals surface area contributed by atoms with Crippen LogP contribution in [0.2, 0.25) is 0 Å². The molecule has 2 aliphatic heterocycles. The van der Waals surface area contributed by atoms with Crippen molar-refractivity contribution >= 4 is 34.8 Å². The highest BCUT2D eigenvalue weighted by Crippen LogP contribution is 2.40. The monoisotopic (exact) mass is 434 g/mol. The van der Waals surface area contributed by atoms with Gasteiger partial charge in [-0.1, -0.05) is 6.07 Å². The highest BCUT2D eigenvalue weighted by Gasteiger charge is 2.40. The molecule has 0 radical (unpaired) electrons. The summed E-state index contributed by atoms with van der Waals surface area (Å²) in [5.74, 6) is -0.483. The molecule has 32 heavy (non-hydrogen) atoms. The number of carbonyl (C=O) groups excluding carboxylic acids is 3. The minimum absolute atomic E-state index is 0.0816. The summed E-state index contributed by atoms with van der Waals surface area (Å²) in [5, 5.41) is 2.91. The Morgan fingerprint density at radius 3 is 2.53 bits per heavy atom. The molecule has 2 aliphatic rings. The third kappa shape index (κ3) is 4.07. The van der Waals surface area contributed by atoms with Crippen molar-refractivity contribution in [2.45, 2.75) is 39.2 Å². The third-order valence-corrected chi connectivity index (χ3v) is 6.38. The van der Waals surface area contributed by atoms with Crippen molar-refractivity contribution in [3.63, 3.8) is 0 Å². The van der Waals surface area contributed by atoms with E-state index in [1.54, 1.807) is 31.1 Å². The van der Waals surface area contributed by atoms with Gasteiger partial charge in [0.15, 0.2) is 0 Å². The van der Waals surface area contributed by atoms with E-state index in [4.69, 9.17) is 0 Å². The quantitative estimate of drug-likeness (QED) is 0.801. The van der Waals surface area contributed by atoms with Crippen molar-refractivity contribution in [1.29, 1.82) is 0 Å². The lowest BCUT2D eigenvalue weighted by molar-refractivity contribution is -0.123. The van der Waals surface area contributed by atoms with Gasteiger partial charge in [-0.25, -0.2) is 0 Å². The van der Waals surface area contributed by atoms with Crippen molar-refractivity contribution < 1.29 is 14.4 Å². The first-order valence-electron chi connectivity index (χ1n) is 11.1. The van der Waals surface area contributed by atoms with Crippen LogP contribution in [-0.2, 0) is 9.59 Å². The zero-order valence-corrected chi connectivity index (χ0v) is 19.1. The normalized spacial score (nSPS) is 17.5. The maximum Gasteiger partial charge on any atom is 0.253 e. The Balaban J connectivity index is 1.66. The lowest BCUT2D eigenvalue weighted by atomic mass is 9.95. The predicted octanol–water partition coefficient (Wildman–Crippen LogP) is 3.35. The van der Waals surface area contributed by atoms with Gasteiger partial charge in [-0.05, 0) is 74.6 Å². The lowest BCUT2D eigenvalue weighted by Crippen LogP contribution is -2.56. The van der Waals surface area contributed by atoms with Gasteiger partial charge in [-0.2, -0.15) is 0 Å². The van der Waals surface area contributed by atoms with Crippen LogP contribution in [0.25, 0.3) is 0 Å². The van der Waals surface area contributed by atoms with Crippen LogP contribution in [0.3, 0.4) is 0 Å². The largest absolute Gasteiger partial charge is 0.358 e. The van der Waals surface area contributed by atoms with Crippen LogP contribution in [0.15, 0.2) is 36.4 Å². The van der Waals surface area contributed by atoms with Crippen LogP contribution in [0.4, 0.5) is 17.1 Å². The Labute approximate surface area is 189 Å². The Morgan fingerprint density at radius 2 is 1.81 bits per heavy atom. The molecule has 1 fully saturated rings. The highest BCUT2D eigenvalue weighted by molar-refractivity contribution is 6.11. The molecule has 2 aromatic carbocycles. The second-order valence-electron chi connectivity index (χ2n) is 8.88. The molecule has 4 rings (SSSR count). The van der Waals surface area contributed by atoms with Gasteiger partial charge in [0.05, 0.1) is 11.4 Å². The first kappa shape index (κ1) is 21.9. The van der Waals surface area contributed by atoms with Crippen molar-refractivity contribution in [3.05, 3.63) is 53.1 Å². The molecule has 7 nitrogen and oxygen atoms in total. The van der Waals surface area contributed by atoms with Gasteiger partial charge in [0.2, 0.25) is 11.8 Å². The maximum atomic E-state index is 13.4. The summed E-state index contributed by atoms with van der Waals surface area (Å²) in [7, 11) is 3.39. The van der Waals surface area contributed by atoms with Crippen LogP contribution in [0.5, 0.6) is 0 Å². The molecule has 1 atom stereocenters. The van der Waals surface area contributed by atoms with E-state index in [0.29, 0.717) is 16.9 Å².